The second kappa shape index (κ2) is 8.45. The molecule has 2 rings (SSSR count). The maximum absolute atomic E-state index is 12.7. The summed E-state index contributed by atoms with van der Waals surface area (Å²) in [5.41, 5.74) is 1.13. The highest BCUT2D eigenvalue weighted by atomic mass is 35.5. The molecule has 26 heavy (non-hydrogen) atoms. The van der Waals surface area contributed by atoms with Crippen molar-refractivity contribution in [1.82, 2.24) is 0 Å². The Bertz CT molecular complexity index is 768. The molecule has 140 valence electrons. The molecular weight excluding hydrogens is 367 g/mol. The maximum Gasteiger partial charge on any atom is 0.416 e. The van der Waals surface area contributed by atoms with Gasteiger partial charge in [-0.1, -0.05) is 17.7 Å². The molecule has 1 N–H and O–H groups in total. The zero-order valence-electron chi connectivity index (χ0n) is 14.4. The number of halogens is 4. The first kappa shape index (κ1) is 20.1. The molecule has 0 heterocycles. The van der Waals surface area contributed by atoms with Crippen LogP contribution in [0.4, 0.5) is 18.9 Å². The summed E-state index contributed by atoms with van der Waals surface area (Å²) in [6.45, 7) is 4.08. The van der Waals surface area contributed by atoms with Gasteiger partial charge in [-0.25, -0.2) is 0 Å². The molecule has 0 radical (unpaired) electrons. The van der Waals surface area contributed by atoms with Crippen LogP contribution < -0.4 is 10.1 Å². The lowest BCUT2D eigenvalue weighted by Gasteiger charge is -2.11. The summed E-state index contributed by atoms with van der Waals surface area (Å²) < 4.78 is 43.6. The summed E-state index contributed by atoms with van der Waals surface area (Å²) >= 11 is 6.09. The van der Waals surface area contributed by atoms with Gasteiger partial charge in [0.05, 0.1) is 12.2 Å². The number of rotatable bonds is 6. The molecular formula is C19H19ClF3NO2. The van der Waals surface area contributed by atoms with Crippen molar-refractivity contribution in [2.75, 3.05) is 11.9 Å². The van der Waals surface area contributed by atoms with Crippen molar-refractivity contribution in [3.63, 3.8) is 0 Å². The van der Waals surface area contributed by atoms with Gasteiger partial charge in [-0.2, -0.15) is 13.2 Å². The Morgan fingerprint density at radius 1 is 1.15 bits per heavy atom. The number of nitrogens with one attached hydrogen (secondary N) is 1. The fraction of sp³-hybridized carbons (Fsp3) is 0.316. The van der Waals surface area contributed by atoms with Crippen LogP contribution in [0, 0.1) is 13.8 Å². The van der Waals surface area contributed by atoms with Gasteiger partial charge in [0, 0.05) is 17.1 Å². The van der Waals surface area contributed by atoms with Crippen LogP contribution in [0.5, 0.6) is 5.75 Å². The van der Waals surface area contributed by atoms with Crippen LogP contribution in [0.25, 0.3) is 0 Å². The third kappa shape index (κ3) is 5.66. The van der Waals surface area contributed by atoms with Crippen molar-refractivity contribution in [3.8, 4) is 5.75 Å². The van der Waals surface area contributed by atoms with Crippen molar-refractivity contribution in [1.29, 1.82) is 0 Å². The number of carbonyl (C=O) groups is 1. The van der Waals surface area contributed by atoms with Gasteiger partial charge in [0.25, 0.3) is 0 Å². The minimum absolute atomic E-state index is 0.120. The molecule has 0 aromatic heterocycles. The minimum atomic E-state index is -4.44. The highest BCUT2D eigenvalue weighted by molar-refractivity contribution is 6.32. The third-order valence-corrected chi connectivity index (χ3v) is 4.30. The monoisotopic (exact) mass is 385 g/mol. The quantitative estimate of drug-likeness (QED) is 0.641. The summed E-state index contributed by atoms with van der Waals surface area (Å²) in [5, 5.41) is 3.16. The molecule has 0 saturated heterocycles. The van der Waals surface area contributed by atoms with E-state index in [-0.39, 0.29) is 18.0 Å². The van der Waals surface area contributed by atoms with Gasteiger partial charge < -0.3 is 10.1 Å². The second-order valence-electron chi connectivity index (χ2n) is 5.95. The molecule has 0 unspecified atom stereocenters. The number of aryl methyl sites for hydroxylation is 2. The predicted octanol–water partition coefficient (Wildman–Crippen LogP) is 5.77. The molecule has 3 nitrogen and oxygen atoms in total. The van der Waals surface area contributed by atoms with Crippen LogP contribution in [0.2, 0.25) is 5.02 Å². The molecule has 0 aliphatic carbocycles. The highest BCUT2D eigenvalue weighted by Gasteiger charge is 2.30. The fourth-order valence-corrected chi connectivity index (χ4v) is 2.52. The SMILES string of the molecule is Cc1cc(OCCCC(=O)Nc2cccc(C(F)(F)F)c2)cc(C)c1Cl. The van der Waals surface area contributed by atoms with E-state index in [4.69, 9.17) is 16.3 Å². The van der Waals surface area contributed by atoms with Gasteiger partial charge in [0.2, 0.25) is 5.91 Å². The molecule has 2 aromatic rings. The number of carbonyl (C=O) groups excluding carboxylic acids is 1. The molecule has 0 aliphatic heterocycles. The van der Waals surface area contributed by atoms with Crippen LogP contribution in [0.15, 0.2) is 36.4 Å². The van der Waals surface area contributed by atoms with Gasteiger partial charge in [0.15, 0.2) is 0 Å². The van der Waals surface area contributed by atoms with E-state index in [1.54, 1.807) is 0 Å². The predicted molar refractivity (Wildman–Crippen MR) is 95.7 cm³/mol. The van der Waals surface area contributed by atoms with Crippen LogP contribution in [-0.2, 0) is 11.0 Å². The van der Waals surface area contributed by atoms with Crippen molar-refractivity contribution in [2.24, 2.45) is 0 Å². The van der Waals surface area contributed by atoms with Gasteiger partial charge in [-0.15, -0.1) is 0 Å². The Labute approximate surface area is 155 Å². The number of amides is 1. The van der Waals surface area contributed by atoms with E-state index in [9.17, 15) is 18.0 Å². The Hall–Kier alpha value is -2.21. The number of hydrogen-bond acceptors (Lipinski definition) is 2. The summed E-state index contributed by atoms with van der Waals surface area (Å²) in [7, 11) is 0. The molecule has 2 aromatic carbocycles. The van der Waals surface area contributed by atoms with Crippen LogP contribution in [0.3, 0.4) is 0 Å². The molecule has 7 heteroatoms. The van der Waals surface area contributed by atoms with Crippen LogP contribution in [-0.4, -0.2) is 12.5 Å². The molecule has 0 atom stereocenters. The topological polar surface area (TPSA) is 38.3 Å². The van der Waals surface area contributed by atoms with Gasteiger partial charge >= 0.3 is 6.18 Å². The Balaban J connectivity index is 1.81. The first-order valence-electron chi connectivity index (χ1n) is 8.03. The first-order chi connectivity index (χ1) is 12.2. The number of anilines is 1. The number of hydrogen-bond donors (Lipinski definition) is 1. The van der Waals surface area contributed by atoms with E-state index in [2.05, 4.69) is 5.32 Å². The maximum atomic E-state index is 12.7. The molecule has 0 aliphatic rings. The molecule has 0 fully saturated rings. The van der Waals surface area contributed by atoms with E-state index in [0.717, 1.165) is 23.3 Å². The van der Waals surface area contributed by atoms with Crippen LogP contribution >= 0.6 is 11.6 Å². The minimum Gasteiger partial charge on any atom is -0.494 e. The number of ether oxygens (including phenoxy) is 1. The lowest BCUT2D eigenvalue weighted by molar-refractivity contribution is -0.137. The largest absolute Gasteiger partial charge is 0.494 e. The average Bonchev–Trinajstić information content (AvgIpc) is 2.56. The second-order valence-corrected chi connectivity index (χ2v) is 6.33. The van der Waals surface area contributed by atoms with Crippen molar-refractivity contribution < 1.29 is 22.7 Å². The first-order valence-corrected chi connectivity index (χ1v) is 8.41. The molecule has 0 saturated carbocycles. The highest BCUT2D eigenvalue weighted by Crippen LogP contribution is 2.30. The standard InChI is InChI=1S/C19H19ClF3NO2/c1-12-9-16(10-13(2)18(12)20)26-8-4-7-17(25)24-15-6-3-5-14(11-15)19(21,22)23/h3,5-6,9-11H,4,7-8H2,1-2H3,(H,24,25). The smallest absolute Gasteiger partial charge is 0.416 e. The zero-order chi connectivity index (χ0) is 19.3. The van der Waals surface area contributed by atoms with E-state index in [0.29, 0.717) is 23.8 Å². The summed E-state index contributed by atoms with van der Waals surface area (Å²) in [6, 6.07) is 8.18. The molecule has 0 bridgehead atoms. The van der Waals surface area contributed by atoms with Crippen molar-refractivity contribution >= 4 is 23.2 Å². The Kier molecular flexibility index (Phi) is 6.53. The van der Waals surface area contributed by atoms with Gasteiger partial charge in [-0.3, -0.25) is 4.79 Å². The molecule has 0 spiro atoms. The normalized spacial score (nSPS) is 11.3. The zero-order valence-corrected chi connectivity index (χ0v) is 15.2. The molecule has 1 amide bonds. The fourth-order valence-electron chi connectivity index (χ4n) is 2.41. The average molecular weight is 386 g/mol. The summed E-state index contributed by atoms with van der Waals surface area (Å²) in [6.07, 6.45) is -3.86. The van der Waals surface area contributed by atoms with E-state index in [1.807, 2.05) is 26.0 Å². The van der Waals surface area contributed by atoms with E-state index < -0.39 is 11.7 Å². The lowest BCUT2D eigenvalue weighted by Crippen LogP contribution is -2.14. The lowest BCUT2D eigenvalue weighted by atomic mass is 10.1. The van der Waals surface area contributed by atoms with Crippen molar-refractivity contribution in [2.45, 2.75) is 32.9 Å². The Morgan fingerprint density at radius 3 is 2.42 bits per heavy atom. The Morgan fingerprint density at radius 2 is 1.81 bits per heavy atom. The van der Waals surface area contributed by atoms with Gasteiger partial charge in [-0.05, 0) is 61.7 Å². The number of benzene rings is 2. The van der Waals surface area contributed by atoms with E-state index >= 15 is 0 Å². The summed E-state index contributed by atoms with van der Waals surface area (Å²) in [5.74, 6) is 0.305. The van der Waals surface area contributed by atoms with Crippen molar-refractivity contribution in [3.05, 3.63) is 58.1 Å². The van der Waals surface area contributed by atoms with E-state index in [1.165, 1.54) is 12.1 Å². The van der Waals surface area contributed by atoms with Gasteiger partial charge in [0.1, 0.15) is 5.75 Å². The van der Waals surface area contributed by atoms with Crippen LogP contribution in [0.1, 0.15) is 29.5 Å². The number of alkyl halides is 3. The summed E-state index contributed by atoms with van der Waals surface area (Å²) in [4.78, 5) is 11.9. The third-order valence-electron chi connectivity index (χ3n) is 3.70.